The van der Waals surface area contributed by atoms with E-state index in [9.17, 15) is 9.59 Å². The highest BCUT2D eigenvalue weighted by Crippen LogP contribution is 2.19. The van der Waals surface area contributed by atoms with Crippen LogP contribution in [0.5, 0.6) is 11.5 Å². The molecule has 126 valence electrons. The van der Waals surface area contributed by atoms with Crippen molar-refractivity contribution in [2.45, 2.75) is 26.4 Å². The van der Waals surface area contributed by atoms with Gasteiger partial charge in [0, 0.05) is 5.69 Å². The minimum Gasteiger partial charge on any atom is -0.479 e. The molecule has 0 spiro atoms. The topological polar surface area (TPSA) is 84.9 Å². The standard InChI is InChI=1S/C18H19NO5/c1-3-13-4-6-14(7-5-13)19-18(22)24-16-10-8-15(9-11-16)23-12(2)17(20)21/h4-12H,3H2,1-2H3,(H,19,22)(H,20,21). The monoisotopic (exact) mass is 329 g/mol. The Balaban J connectivity index is 1.90. The lowest BCUT2D eigenvalue weighted by Crippen LogP contribution is -2.22. The number of amides is 1. The van der Waals surface area contributed by atoms with Crippen LogP contribution in [-0.2, 0) is 11.2 Å². The van der Waals surface area contributed by atoms with Crippen molar-refractivity contribution in [1.29, 1.82) is 0 Å². The van der Waals surface area contributed by atoms with Gasteiger partial charge in [0.15, 0.2) is 6.10 Å². The highest BCUT2D eigenvalue weighted by atomic mass is 16.6. The van der Waals surface area contributed by atoms with E-state index >= 15 is 0 Å². The zero-order chi connectivity index (χ0) is 17.5. The van der Waals surface area contributed by atoms with Gasteiger partial charge >= 0.3 is 12.1 Å². The third-order valence-electron chi connectivity index (χ3n) is 3.30. The van der Waals surface area contributed by atoms with Gasteiger partial charge in [0.1, 0.15) is 11.5 Å². The van der Waals surface area contributed by atoms with Crippen molar-refractivity contribution >= 4 is 17.7 Å². The number of hydrogen-bond acceptors (Lipinski definition) is 4. The van der Waals surface area contributed by atoms with E-state index in [1.54, 1.807) is 0 Å². The van der Waals surface area contributed by atoms with Crippen LogP contribution in [0.25, 0.3) is 0 Å². The molecule has 1 atom stereocenters. The van der Waals surface area contributed by atoms with Crippen LogP contribution in [0.15, 0.2) is 48.5 Å². The number of carboxylic acid groups (broad SMARTS) is 1. The molecule has 1 amide bonds. The Morgan fingerprint density at radius 2 is 1.62 bits per heavy atom. The first-order valence-corrected chi connectivity index (χ1v) is 7.55. The van der Waals surface area contributed by atoms with Crippen molar-refractivity contribution in [3.8, 4) is 11.5 Å². The molecule has 24 heavy (non-hydrogen) atoms. The lowest BCUT2D eigenvalue weighted by Gasteiger charge is -2.11. The molecule has 0 bridgehead atoms. The SMILES string of the molecule is CCc1ccc(NC(=O)Oc2ccc(OC(C)C(=O)O)cc2)cc1. The molecule has 0 aliphatic heterocycles. The highest BCUT2D eigenvalue weighted by molar-refractivity contribution is 5.86. The van der Waals surface area contributed by atoms with Gasteiger partial charge < -0.3 is 14.6 Å². The maximum absolute atomic E-state index is 11.8. The van der Waals surface area contributed by atoms with Gasteiger partial charge in [-0.3, -0.25) is 5.32 Å². The molecule has 0 heterocycles. The fraction of sp³-hybridized carbons (Fsp3) is 0.222. The first-order valence-electron chi connectivity index (χ1n) is 7.55. The van der Waals surface area contributed by atoms with Crippen molar-refractivity contribution in [3.63, 3.8) is 0 Å². The zero-order valence-corrected chi connectivity index (χ0v) is 13.5. The summed E-state index contributed by atoms with van der Waals surface area (Å²) < 4.78 is 10.4. The normalized spacial score (nSPS) is 11.4. The molecule has 0 aromatic heterocycles. The molecule has 6 heteroatoms. The lowest BCUT2D eigenvalue weighted by molar-refractivity contribution is -0.144. The number of ether oxygens (including phenoxy) is 2. The second-order valence-corrected chi connectivity index (χ2v) is 5.13. The second kappa shape index (κ2) is 8.01. The summed E-state index contributed by atoms with van der Waals surface area (Å²) in [5, 5.41) is 11.4. The number of rotatable bonds is 6. The largest absolute Gasteiger partial charge is 0.479 e. The fourth-order valence-corrected chi connectivity index (χ4v) is 1.91. The predicted octanol–water partition coefficient (Wildman–Crippen LogP) is 3.71. The number of carbonyl (C=O) groups is 2. The van der Waals surface area contributed by atoms with Gasteiger partial charge in [0.25, 0.3) is 0 Å². The molecule has 0 saturated carbocycles. The Morgan fingerprint density at radius 3 is 2.17 bits per heavy atom. The third kappa shape index (κ3) is 5.01. The first kappa shape index (κ1) is 17.3. The lowest BCUT2D eigenvalue weighted by atomic mass is 10.1. The number of carboxylic acids is 1. The number of benzene rings is 2. The molecular weight excluding hydrogens is 310 g/mol. The molecule has 2 rings (SSSR count). The number of carbonyl (C=O) groups excluding carboxylic acids is 1. The van der Waals surface area contributed by atoms with Crippen molar-refractivity contribution in [2.75, 3.05) is 5.32 Å². The van der Waals surface area contributed by atoms with Crippen LogP contribution >= 0.6 is 0 Å². The third-order valence-corrected chi connectivity index (χ3v) is 3.30. The van der Waals surface area contributed by atoms with Crippen molar-refractivity contribution in [2.24, 2.45) is 0 Å². The minimum atomic E-state index is -1.05. The van der Waals surface area contributed by atoms with Crippen LogP contribution < -0.4 is 14.8 Å². The fourth-order valence-electron chi connectivity index (χ4n) is 1.91. The van der Waals surface area contributed by atoms with Crippen molar-refractivity contribution in [3.05, 3.63) is 54.1 Å². The van der Waals surface area contributed by atoms with Crippen LogP contribution in [0.3, 0.4) is 0 Å². The van der Waals surface area contributed by atoms with Gasteiger partial charge in [-0.25, -0.2) is 9.59 Å². The van der Waals surface area contributed by atoms with E-state index in [2.05, 4.69) is 12.2 Å². The Bertz CT molecular complexity index is 694. The molecule has 0 radical (unpaired) electrons. The summed E-state index contributed by atoms with van der Waals surface area (Å²) in [7, 11) is 0. The maximum Gasteiger partial charge on any atom is 0.417 e. The van der Waals surface area contributed by atoms with E-state index in [0.29, 0.717) is 17.2 Å². The number of aryl methyl sites for hydroxylation is 1. The van der Waals surface area contributed by atoms with E-state index < -0.39 is 18.2 Å². The predicted molar refractivity (Wildman–Crippen MR) is 89.6 cm³/mol. The van der Waals surface area contributed by atoms with Crippen LogP contribution in [0.4, 0.5) is 10.5 Å². The van der Waals surface area contributed by atoms with Gasteiger partial charge in [0.2, 0.25) is 0 Å². The number of nitrogens with one attached hydrogen (secondary N) is 1. The van der Waals surface area contributed by atoms with Crippen molar-refractivity contribution < 1.29 is 24.2 Å². The van der Waals surface area contributed by atoms with Gasteiger partial charge in [-0.15, -0.1) is 0 Å². The smallest absolute Gasteiger partial charge is 0.417 e. The summed E-state index contributed by atoms with van der Waals surface area (Å²) >= 11 is 0. The van der Waals surface area contributed by atoms with E-state index in [4.69, 9.17) is 14.6 Å². The van der Waals surface area contributed by atoms with Gasteiger partial charge in [0.05, 0.1) is 0 Å². The molecule has 2 aromatic carbocycles. The molecule has 0 aliphatic rings. The summed E-state index contributed by atoms with van der Waals surface area (Å²) in [6.07, 6.45) is -0.627. The summed E-state index contributed by atoms with van der Waals surface area (Å²) in [6.45, 7) is 3.49. The summed E-state index contributed by atoms with van der Waals surface area (Å²) in [4.78, 5) is 22.6. The molecule has 0 aliphatic carbocycles. The Kier molecular flexibility index (Phi) is 5.78. The van der Waals surface area contributed by atoms with Gasteiger partial charge in [-0.05, 0) is 55.3 Å². The average Bonchev–Trinajstić information content (AvgIpc) is 2.57. The number of anilines is 1. The number of aliphatic carboxylic acids is 1. The highest BCUT2D eigenvalue weighted by Gasteiger charge is 2.12. The van der Waals surface area contributed by atoms with E-state index in [0.717, 1.165) is 6.42 Å². The summed E-state index contributed by atoms with van der Waals surface area (Å²) in [5.41, 5.74) is 1.83. The van der Waals surface area contributed by atoms with Crippen LogP contribution in [0, 0.1) is 0 Å². The van der Waals surface area contributed by atoms with Crippen molar-refractivity contribution in [1.82, 2.24) is 0 Å². The molecule has 1 unspecified atom stereocenters. The molecule has 0 fully saturated rings. The Labute approximate surface area is 140 Å². The first-order chi connectivity index (χ1) is 11.5. The van der Waals surface area contributed by atoms with Gasteiger partial charge in [-0.2, -0.15) is 0 Å². The van der Waals surface area contributed by atoms with E-state index in [1.165, 1.54) is 36.8 Å². The summed E-state index contributed by atoms with van der Waals surface area (Å²) in [6, 6.07) is 13.6. The quantitative estimate of drug-likeness (QED) is 0.844. The number of hydrogen-bond donors (Lipinski definition) is 2. The molecule has 0 saturated heterocycles. The van der Waals surface area contributed by atoms with Crippen LogP contribution in [0.2, 0.25) is 0 Å². The minimum absolute atomic E-state index is 0.327. The second-order valence-electron chi connectivity index (χ2n) is 5.13. The zero-order valence-electron chi connectivity index (χ0n) is 13.5. The van der Waals surface area contributed by atoms with E-state index in [-0.39, 0.29) is 0 Å². The van der Waals surface area contributed by atoms with E-state index in [1.807, 2.05) is 24.3 Å². The summed E-state index contributed by atoms with van der Waals surface area (Å²) in [5.74, 6) is -0.343. The Morgan fingerprint density at radius 1 is 1.04 bits per heavy atom. The maximum atomic E-state index is 11.8. The molecule has 6 nitrogen and oxygen atoms in total. The van der Waals surface area contributed by atoms with Crippen LogP contribution in [0.1, 0.15) is 19.4 Å². The van der Waals surface area contributed by atoms with Gasteiger partial charge in [-0.1, -0.05) is 19.1 Å². The Hall–Kier alpha value is -3.02. The average molecular weight is 329 g/mol. The molecule has 2 N–H and O–H groups in total. The molecule has 2 aromatic rings. The molecular formula is C18H19NO5. The van der Waals surface area contributed by atoms with Crippen LogP contribution in [-0.4, -0.2) is 23.3 Å².